The van der Waals surface area contributed by atoms with Crippen LogP contribution in [0.5, 0.6) is 0 Å². The van der Waals surface area contributed by atoms with Crippen LogP contribution >= 0.6 is 23.2 Å². The van der Waals surface area contributed by atoms with E-state index in [0.717, 1.165) is 12.1 Å². The van der Waals surface area contributed by atoms with E-state index < -0.39 is 10.4 Å². The smallest absolute Gasteiger partial charge is 0.386 e. The maximum atomic E-state index is 8.74. The summed E-state index contributed by atoms with van der Waals surface area (Å²) < 4.78 is 31.6. The first kappa shape index (κ1) is 17.0. The summed E-state index contributed by atoms with van der Waals surface area (Å²) in [4.78, 5) is 0. The second kappa shape index (κ2) is 6.59. The molecule has 2 rings (SSSR count). The zero-order valence-corrected chi connectivity index (χ0v) is 12.7. The molecule has 112 valence electrons. The molecular formula is C10H13Cl2N3O4S. The van der Waals surface area contributed by atoms with Gasteiger partial charge in [0, 0.05) is 6.42 Å². The molecule has 0 amide bonds. The van der Waals surface area contributed by atoms with E-state index in [2.05, 4.69) is 12.0 Å². The van der Waals surface area contributed by atoms with Crippen molar-refractivity contribution < 1.29 is 17.5 Å². The number of hydrogen-bond donors (Lipinski definition) is 3. The molecule has 0 aliphatic carbocycles. The summed E-state index contributed by atoms with van der Waals surface area (Å²) in [6.45, 7) is 2.06. The van der Waals surface area contributed by atoms with Crippen LogP contribution in [0.1, 0.15) is 13.3 Å². The number of hydrogen-bond acceptors (Lipinski definition) is 5. The Bertz CT molecular complexity index is 613. The third kappa shape index (κ3) is 5.51. The maximum Gasteiger partial charge on any atom is 0.394 e. The van der Waals surface area contributed by atoms with Crippen LogP contribution in [-0.2, 0) is 10.4 Å². The standard InChI is InChI=1S/C10H11Cl2N3.H2O4S/c1-6-4-10(13)14-15(6)7-2-3-8(11)9(12)5-7;1-5(2,3)4/h2-3,5-6H,4H2,1H3,(H2,13,14);(H2,1,2,3,4). The molecule has 0 spiro atoms. The first-order chi connectivity index (χ1) is 9.08. The molecule has 10 heteroatoms. The SMILES string of the molecule is CC1CC(N)=NN1c1ccc(Cl)c(Cl)c1.O=S(=O)(O)O. The average molecular weight is 342 g/mol. The van der Waals surface area contributed by atoms with Crippen molar-refractivity contribution in [2.75, 3.05) is 5.01 Å². The van der Waals surface area contributed by atoms with Gasteiger partial charge in [-0.1, -0.05) is 23.2 Å². The highest BCUT2D eigenvalue weighted by atomic mass is 35.5. The number of hydrazone groups is 1. The number of anilines is 1. The molecule has 7 nitrogen and oxygen atoms in total. The molecule has 0 aromatic heterocycles. The molecule has 20 heavy (non-hydrogen) atoms. The predicted molar refractivity (Wildman–Crippen MR) is 78.8 cm³/mol. The van der Waals surface area contributed by atoms with Crippen molar-refractivity contribution in [2.45, 2.75) is 19.4 Å². The number of benzene rings is 1. The summed E-state index contributed by atoms with van der Waals surface area (Å²) >= 11 is 11.8. The lowest BCUT2D eigenvalue weighted by atomic mass is 10.2. The van der Waals surface area contributed by atoms with Crippen LogP contribution in [0.4, 0.5) is 5.69 Å². The summed E-state index contributed by atoms with van der Waals surface area (Å²) in [5.74, 6) is 0.647. The zero-order valence-electron chi connectivity index (χ0n) is 10.4. The minimum atomic E-state index is -4.67. The molecule has 0 fully saturated rings. The molecule has 1 aromatic rings. The largest absolute Gasteiger partial charge is 0.394 e. The maximum absolute atomic E-state index is 8.74. The summed E-state index contributed by atoms with van der Waals surface area (Å²) in [5.41, 5.74) is 6.58. The fraction of sp³-hybridized carbons (Fsp3) is 0.300. The third-order valence-corrected chi connectivity index (χ3v) is 3.06. The van der Waals surface area contributed by atoms with Crippen LogP contribution in [-0.4, -0.2) is 29.4 Å². The topological polar surface area (TPSA) is 116 Å². The molecule has 0 bridgehead atoms. The molecule has 1 aromatic carbocycles. The number of nitrogens with zero attached hydrogens (tertiary/aromatic N) is 2. The molecular weight excluding hydrogens is 329 g/mol. The lowest BCUT2D eigenvalue weighted by molar-refractivity contribution is 0.381. The van der Waals surface area contributed by atoms with E-state index in [1.165, 1.54) is 0 Å². The normalized spacial score (nSPS) is 18.4. The van der Waals surface area contributed by atoms with E-state index in [9.17, 15) is 0 Å². The van der Waals surface area contributed by atoms with E-state index in [1.54, 1.807) is 12.1 Å². The fourth-order valence-electron chi connectivity index (χ4n) is 1.61. The van der Waals surface area contributed by atoms with Crippen LogP contribution in [0.2, 0.25) is 10.0 Å². The van der Waals surface area contributed by atoms with Crippen molar-refractivity contribution in [3.8, 4) is 0 Å². The van der Waals surface area contributed by atoms with Crippen LogP contribution in [0.3, 0.4) is 0 Å². The highest BCUT2D eigenvalue weighted by molar-refractivity contribution is 7.79. The highest BCUT2D eigenvalue weighted by Crippen LogP contribution is 2.30. The molecule has 1 aliphatic rings. The second-order valence-corrected chi connectivity index (χ2v) is 5.75. The van der Waals surface area contributed by atoms with Crippen LogP contribution < -0.4 is 10.7 Å². The highest BCUT2D eigenvalue weighted by Gasteiger charge is 2.22. The van der Waals surface area contributed by atoms with Gasteiger partial charge in [-0.15, -0.1) is 0 Å². The average Bonchev–Trinajstić information content (AvgIpc) is 2.59. The van der Waals surface area contributed by atoms with Gasteiger partial charge in [0.25, 0.3) is 0 Å². The van der Waals surface area contributed by atoms with E-state index in [0.29, 0.717) is 15.9 Å². The third-order valence-electron chi connectivity index (χ3n) is 2.33. The molecule has 1 heterocycles. The Morgan fingerprint density at radius 3 is 2.30 bits per heavy atom. The molecule has 0 saturated heterocycles. The molecule has 1 aliphatic heterocycles. The lowest BCUT2D eigenvalue weighted by Gasteiger charge is -2.20. The number of halogens is 2. The predicted octanol–water partition coefficient (Wildman–Crippen LogP) is 2.21. The van der Waals surface area contributed by atoms with Crippen molar-refractivity contribution in [1.29, 1.82) is 0 Å². The van der Waals surface area contributed by atoms with E-state index in [-0.39, 0.29) is 6.04 Å². The Morgan fingerprint density at radius 2 is 1.90 bits per heavy atom. The Hall–Kier alpha value is -1.06. The fourth-order valence-corrected chi connectivity index (χ4v) is 1.90. The van der Waals surface area contributed by atoms with Gasteiger partial charge in [0.05, 0.1) is 21.8 Å². The molecule has 4 N–H and O–H groups in total. The van der Waals surface area contributed by atoms with Crippen molar-refractivity contribution >= 4 is 45.1 Å². The Morgan fingerprint density at radius 1 is 1.35 bits per heavy atom. The van der Waals surface area contributed by atoms with Gasteiger partial charge in [-0.25, -0.2) is 0 Å². The van der Waals surface area contributed by atoms with Crippen LogP contribution in [0.25, 0.3) is 0 Å². The second-order valence-electron chi connectivity index (χ2n) is 4.04. The van der Waals surface area contributed by atoms with Crippen LogP contribution in [0.15, 0.2) is 23.3 Å². The quantitative estimate of drug-likeness (QED) is 0.674. The first-order valence-corrected chi connectivity index (χ1v) is 7.50. The van der Waals surface area contributed by atoms with Gasteiger partial charge in [0.2, 0.25) is 0 Å². The van der Waals surface area contributed by atoms with Crippen molar-refractivity contribution in [3.63, 3.8) is 0 Å². The number of rotatable bonds is 1. The summed E-state index contributed by atoms with van der Waals surface area (Å²) in [6.07, 6.45) is 0.778. The first-order valence-electron chi connectivity index (χ1n) is 5.35. The molecule has 1 atom stereocenters. The van der Waals surface area contributed by atoms with Gasteiger partial charge in [0.15, 0.2) is 0 Å². The lowest BCUT2D eigenvalue weighted by Crippen LogP contribution is -2.22. The van der Waals surface area contributed by atoms with E-state index in [1.807, 2.05) is 11.1 Å². The van der Waals surface area contributed by atoms with Gasteiger partial charge in [-0.05, 0) is 25.1 Å². The van der Waals surface area contributed by atoms with Gasteiger partial charge in [-0.2, -0.15) is 13.5 Å². The van der Waals surface area contributed by atoms with E-state index >= 15 is 0 Å². The Balaban J connectivity index is 0.000000347. The molecule has 0 radical (unpaired) electrons. The zero-order chi connectivity index (χ0) is 15.5. The summed E-state index contributed by atoms with van der Waals surface area (Å²) in [7, 11) is -4.67. The van der Waals surface area contributed by atoms with E-state index in [4.69, 9.17) is 46.5 Å². The Kier molecular flexibility index (Phi) is 5.60. The Labute approximate surface area is 126 Å². The van der Waals surface area contributed by atoms with Gasteiger partial charge in [-0.3, -0.25) is 14.1 Å². The van der Waals surface area contributed by atoms with Gasteiger partial charge in [0.1, 0.15) is 5.84 Å². The van der Waals surface area contributed by atoms with Crippen LogP contribution in [0, 0.1) is 0 Å². The number of amidine groups is 1. The molecule has 0 saturated carbocycles. The van der Waals surface area contributed by atoms with Crippen molar-refractivity contribution in [1.82, 2.24) is 0 Å². The minimum Gasteiger partial charge on any atom is -0.386 e. The number of nitrogens with two attached hydrogens (primary N) is 1. The monoisotopic (exact) mass is 341 g/mol. The minimum absolute atomic E-state index is 0.266. The molecule has 1 unspecified atom stereocenters. The van der Waals surface area contributed by atoms with Crippen molar-refractivity contribution in [3.05, 3.63) is 28.2 Å². The van der Waals surface area contributed by atoms with Gasteiger partial charge >= 0.3 is 10.4 Å². The summed E-state index contributed by atoms with van der Waals surface area (Å²) in [6, 6.07) is 5.70. The summed E-state index contributed by atoms with van der Waals surface area (Å²) in [5, 5.41) is 7.17. The van der Waals surface area contributed by atoms with Gasteiger partial charge < -0.3 is 5.73 Å². The van der Waals surface area contributed by atoms with Crippen molar-refractivity contribution in [2.24, 2.45) is 10.8 Å².